The standard InChI is InChI=1S/C30H32ClN3O4/c1-18(19-9-4-2-5-10-19)34-26(28(36)32-21-12-6-3-7-13-21)30-16-15-23(38-30)24(25(30)29(34)37)27(35)33-22-14-8-11-20(31)17-22/h2,4-5,8-11,14-18,21,23-26H,3,6-7,12-13H2,1H3,(H,32,36)(H,33,35)/t18-,23+,24+,25+,26-,30+/m1/s1. The second kappa shape index (κ2) is 9.86. The van der Waals surface area contributed by atoms with E-state index in [4.69, 9.17) is 16.3 Å². The predicted octanol–water partition coefficient (Wildman–Crippen LogP) is 4.64. The van der Waals surface area contributed by atoms with Crippen LogP contribution in [0.4, 0.5) is 5.69 Å². The minimum absolute atomic E-state index is 0.0835. The van der Waals surface area contributed by atoms with Gasteiger partial charge in [0.25, 0.3) is 0 Å². The molecule has 1 spiro atoms. The number of carbonyl (C=O) groups excluding carboxylic acids is 3. The fourth-order valence-electron chi connectivity index (χ4n) is 6.83. The van der Waals surface area contributed by atoms with Gasteiger partial charge in [0.15, 0.2) is 0 Å². The third-order valence-corrected chi connectivity index (χ3v) is 8.84. The Bertz CT molecular complexity index is 1280. The maximum absolute atomic E-state index is 14.2. The molecule has 3 heterocycles. The van der Waals surface area contributed by atoms with Crippen molar-refractivity contribution in [3.8, 4) is 0 Å². The van der Waals surface area contributed by atoms with E-state index in [9.17, 15) is 14.4 Å². The number of carbonyl (C=O) groups is 3. The monoisotopic (exact) mass is 533 g/mol. The van der Waals surface area contributed by atoms with E-state index >= 15 is 0 Å². The second-order valence-corrected chi connectivity index (χ2v) is 11.3. The molecule has 38 heavy (non-hydrogen) atoms. The first-order chi connectivity index (χ1) is 18.4. The molecule has 6 rings (SSSR count). The van der Waals surface area contributed by atoms with Crippen molar-refractivity contribution < 1.29 is 19.1 Å². The van der Waals surface area contributed by atoms with Crippen LogP contribution in [0.2, 0.25) is 5.02 Å². The molecule has 3 aliphatic heterocycles. The molecule has 3 fully saturated rings. The molecule has 4 aliphatic rings. The van der Waals surface area contributed by atoms with Gasteiger partial charge in [0.1, 0.15) is 11.6 Å². The molecule has 2 aromatic rings. The maximum atomic E-state index is 14.2. The van der Waals surface area contributed by atoms with Crippen LogP contribution in [0.3, 0.4) is 0 Å². The number of amides is 3. The molecule has 0 aromatic heterocycles. The first kappa shape index (κ1) is 25.1. The van der Waals surface area contributed by atoms with Gasteiger partial charge in [-0.1, -0.05) is 79.4 Å². The SMILES string of the molecule is C[C@H](c1ccccc1)N1C(=O)[C@@H]2[C@@H](C(=O)Nc3cccc(Cl)c3)[C@@H]3C=C[C@@]2(O3)[C@H]1C(=O)NC1CCCCC1. The van der Waals surface area contributed by atoms with E-state index in [0.29, 0.717) is 10.7 Å². The third kappa shape index (κ3) is 4.12. The van der Waals surface area contributed by atoms with Crippen molar-refractivity contribution in [1.82, 2.24) is 10.2 Å². The van der Waals surface area contributed by atoms with Crippen LogP contribution in [0, 0.1) is 11.8 Å². The number of nitrogens with one attached hydrogen (secondary N) is 2. The summed E-state index contributed by atoms with van der Waals surface area (Å²) in [6.45, 7) is 1.93. The lowest BCUT2D eigenvalue weighted by atomic mass is 9.74. The quantitative estimate of drug-likeness (QED) is 0.530. The number of hydrogen-bond acceptors (Lipinski definition) is 4. The number of hydrogen-bond donors (Lipinski definition) is 2. The number of anilines is 1. The molecule has 8 heteroatoms. The van der Waals surface area contributed by atoms with E-state index in [-0.39, 0.29) is 29.8 Å². The summed E-state index contributed by atoms with van der Waals surface area (Å²) in [4.78, 5) is 43.5. The normalized spacial score (nSPS) is 30.8. The molecule has 1 aliphatic carbocycles. The first-order valence-electron chi connectivity index (χ1n) is 13.5. The van der Waals surface area contributed by atoms with Crippen molar-refractivity contribution in [2.75, 3.05) is 5.32 Å². The maximum Gasteiger partial charge on any atom is 0.246 e. The van der Waals surface area contributed by atoms with Crippen LogP contribution >= 0.6 is 11.6 Å². The highest BCUT2D eigenvalue weighted by Crippen LogP contribution is 2.56. The molecule has 6 atom stereocenters. The van der Waals surface area contributed by atoms with Crippen LogP contribution in [0.1, 0.15) is 50.6 Å². The van der Waals surface area contributed by atoms with Gasteiger partial charge in [0.05, 0.1) is 24.0 Å². The Hall–Kier alpha value is -3.16. The minimum Gasteiger partial charge on any atom is -0.359 e. The van der Waals surface area contributed by atoms with Gasteiger partial charge in [-0.25, -0.2) is 0 Å². The topological polar surface area (TPSA) is 87.7 Å². The zero-order chi connectivity index (χ0) is 26.4. The smallest absolute Gasteiger partial charge is 0.246 e. The summed E-state index contributed by atoms with van der Waals surface area (Å²) >= 11 is 6.12. The number of ether oxygens (including phenoxy) is 1. The van der Waals surface area contributed by atoms with Crippen molar-refractivity contribution in [3.05, 3.63) is 77.3 Å². The van der Waals surface area contributed by atoms with Crippen LogP contribution in [0.5, 0.6) is 0 Å². The third-order valence-electron chi connectivity index (χ3n) is 8.61. The van der Waals surface area contributed by atoms with Gasteiger partial charge in [-0.3, -0.25) is 14.4 Å². The highest BCUT2D eigenvalue weighted by atomic mass is 35.5. The van der Waals surface area contributed by atoms with Gasteiger partial charge in [-0.2, -0.15) is 0 Å². The number of halogens is 1. The zero-order valence-corrected chi connectivity index (χ0v) is 22.1. The lowest BCUT2D eigenvalue weighted by molar-refractivity contribution is -0.143. The molecule has 0 radical (unpaired) electrons. The Morgan fingerprint density at radius 3 is 2.55 bits per heavy atom. The van der Waals surface area contributed by atoms with E-state index < -0.39 is 29.6 Å². The Morgan fingerprint density at radius 1 is 1.05 bits per heavy atom. The van der Waals surface area contributed by atoms with Crippen LogP contribution < -0.4 is 10.6 Å². The molecular formula is C30H32ClN3O4. The number of likely N-dealkylation sites (tertiary alicyclic amines) is 1. The molecule has 3 amide bonds. The van der Waals surface area contributed by atoms with Gasteiger partial charge < -0.3 is 20.3 Å². The molecule has 2 N–H and O–H groups in total. The highest BCUT2D eigenvalue weighted by molar-refractivity contribution is 6.30. The lowest BCUT2D eigenvalue weighted by Crippen LogP contribution is -2.56. The summed E-state index contributed by atoms with van der Waals surface area (Å²) in [5.41, 5.74) is 0.279. The number of benzene rings is 2. The molecule has 2 saturated heterocycles. The van der Waals surface area contributed by atoms with Gasteiger partial charge in [-0.05, 0) is 43.5 Å². The average Bonchev–Trinajstić information content (AvgIpc) is 3.56. The van der Waals surface area contributed by atoms with Crippen LogP contribution in [0.15, 0.2) is 66.7 Å². The summed E-state index contributed by atoms with van der Waals surface area (Å²) < 4.78 is 6.47. The Kier molecular flexibility index (Phi) is 6.52. The Morgan fingerprint density at radius 2 is 1.82 bits per heavy atom. The van der Waals surface area contributed by atoms with E-state index in [2.05, 4.69) is 10.6 Å². The Balaban J connectivity index is 1.35. The van der Waals surface area contributed by atoms with Crippen molar-refractivity contribution in [2.45, 2.75) is 68.9 Å². The lowest BCUT2D eigenvalue weighted by Gasteiger charge is -2.37. The largest absolute Gasteiger partial charge is 0.359 e. The molecule has 7 nitrogen and oxygen atoms in total. The number of fused-ring (bicyclic) bond motifs is 1. The molecule has 0 unspecified atom stereocenters. The Labute approximate surface area is 227 Å². The van der Waals surface area contributed by atoms with Crippen molar-refractivity contribution >= 4 is 35.0 Å². The van der Waals surface area contributed by atoms with Gasteiger partial charge >= 0.3 is 0 Å². The van der Waals surface area contributed by atoms with Crippen molar-refractivity contribution in [1.29, 1.82) is 0 Å². The number of rotatable bonds is 6. The summed E-state index contributed by atoms with van der Waals surface area (Å²) in [5.74, 6) is -2.32. The van der Waals surface area contributed by atoms with Crippen LogP contribution in [-0.4, -0.2) is 46.4 Å². The van der Waals surface area contributed by atoms with Gasteiger partial charge in [-0.15, -0.1) is 0 Å². The fourth-order valence-corrected chi connectivity index (χ4v) is 7.02. The molecular weight excluding hydrogens is 502 g/mol. The second-order valence-electron chi connectivity index (χ2n) is 10.9. The van der Waals surface area contributed by atoms with E-state index in [0.717, 1.165) is 31.2 Å². The molecule has 1 saturated carbocycles. The number of nitrogens with zero attached hydrogens (tertiary/aromatic N) is 1. The first-order valence-corrected chi connectivity index (χ1v) is 13.9. The summed E-state index contributed by atoms with van der Waals surface area (Å²) in [5, 5.41) is 6.65. The zero-order valence-electron chi connectivity index (χ0n) is 21.3. The van der Waals surface area contributed by atoms with E-state index in [1.807, 2.05) is 49.4 Å². The van der Waals surface area contributed by atoms with Crippen molar-refractivity contribution in [2.24, 2.45) is 11.8 Å². The van der Waals surface area contributed by atoms with Crippen molar-refractivity contribution in [3.63, 3.8) is 0 Å². The average molecular weight is 534 g/mol. The summed E-state index contributed by atoms with van der Waals surface area (Å²) in [7, 11) is 0. The minimum atomic E-state index is -1.19. The summed E-state index contributed by atoms with van der Waals surface area (Å²) in [6.07, 6.45) is 8.31. The van der Waals surface area contributed by atoms with Gasteiger partial charge in [0, 0.05) is 16.8 Å². The molecule has 2 bridgehead atoms. The predicted molar refractivity (Wildman–Crippen MR) is 144 cm³/mol. The van der Waals surface area contributed by atoms with Gasteiger partial charge in [0.2, 0.25) is 17.7 Å². The molecule has 198 valence electrons. The van der Waals surface area contributed by atoms with Crippen LogP contribution in [-0.2, 0) is 19.1 Å². The van der Waals surface area contributed by atoms with E-state index in [1.165, 1.54) is 6.42 Å². The summed E-state index contributed by atoms with van der Waals surface area (Å²) in [6, 6.07) is 15.4. The van der Waals surface area contributed by atoms with Crippen LogP contribution in [0.25, 0.3) is 0 Å². The fraction of sp³-hybridized carbons (Fsp3) is 0.433. The molecule has 2 aromatic carbocycles. The van der Waals surface area contributed by atoms with E-state index in [1.54, 1.807) is 29.2 Å². The highest BCUT2D eigenvalue weighted by Gasteiger charge is 2.73.